The number of hydrogen-bond donors (Lipinski definition) is 1. The Bertz CT molecular complexity index is 754. The highest BCUT2D eigenvalue weighted by atomic mass is 15.2. The molecule has 0 aliphatic heterocycles. The summed E-state index contributed by atoms with van der Waals surface area (Å²) in [5, 5.41) is 20.1. The van der Waals surface area contributed by atoms with Gasteiger partial charge in [0.15, 0.2) is 5.65 Å². The lowest BCUT2D eigenvalue weighted by molar-refractivity contribution is 0.941. The topological polar surface area (TPSA) is 82.7 Å². The van der Waals surface area contributed by atoms with Crippen molar-refractivity contribution in [1.82, 2.24) is 24.8 Å². The van der Waals surface area contributed by atoms with E-state index in [9.17, 15) is 0 Å². The minimum absolute atomic E-state index is 0.474. The summed E-state index contributed by atoms with van der Waals surface area (Å²) in [6.45, 7) is 3.90. The Morgan fingerprint density at radius 1 is 1.33 bits per heavy atom. The van der Waals surface area contributed by atoms with Crippen molar-refractivity contribution in [2.75, 3.05) is 0 Å². The summed E-state index contributed by atoms with van der Waals surface area (Å²) in [5.41, 5.74) is 4.90. The summed E-state index contributed by atoms with van der Waals surface area (Å²) in [4.78, 5) is 4.29. The predicted molar refractivity (Wildman–Crippen MR) is 64.8 cm³/mol. The standard InChI is InChI=1S/C12H10N6/c1-7-11(8(2)17-16-7)10-4-14-12-9(3-13)5-15-18(12)6-10/h4-6H,1-2H3,(H,16,17). The van der Waals surface area contributed by atoms with Crippen molar-refractivity contribution in [3.63, 3.8) is 0 Å². The molecular weight excluding hydrogens is 228 g/mol. The second-order valence-corrected chi connectivity index (χ2v) is 4.09. The van der Waals surface area contributed by atoms with Crippen LogP contribution in [-0.4, -0.2) is 24.8 Å². The molecule has 0 amide bonds. The van der Waals surface area contributed by atoms with Crippen molar-refractivity contribution in [2.45, 2.75) is 13.8 Å². The molecule has 3 heterocycles. The second-order valence-electron chi connectivity index (χ2n) is 4.09. The molecular formula is C12H10N6. The van der Waals surface area contributed by atoms with Crippen molar-refractivity contribution in [3.8, 4) is 17.2 Å². The SMILES string of the molecule is Cc1n[nH]c(C)c1-c1cnc2c(C#N)cnn2c1. The average molecular weight is 238 g/mol. The van der Waals surface area contributed by atoms with E-state index >= 15 is 0 Å². The number of aromatic amines is 1. The highest BCUT2D eigenvalue weighted by Gasteiger charge is 2.11. The number of aromatic nitrogens is 5. The van der Waals surface area contributed by atoms with E-state index in [0.717, 1.165) is 22.5 Å². The number of nitriles is 1. The number of rotatable bonds is 1. The van der Waals surface area contributed by atoms with Gasteiger partial charge in [0.25, 0.3) is 0 Å². The summed E-state index contributed by atoms with van der Waals surface area (Å²) in [6.07, 6.45) is 5.11. The summed E-state index contributed by atoms with van der Waals surface area (Å²) in [6, 6.07) is 2.06. The normalized spacial score (nSPS) is 10.7. The molecule has 0 spiro atoms. The van der Waals surface area contributed by atoms with Gasteiger partial charge < -0.3 is 0 Å². The molecule has 88 valence electrons. The third-order valence-electron chi connectivity index (χ3n) is 2.89. The Kier molecular flexibility index (Phi) is 2.13. The van der Waals surface area contributed by atoms with Gasteiger partial charge in [-0.15, -0.1) is 0 Å². The van der Waals surface area contributed by atoms with Crippen molar-refractivity contribution < 1.29 is 0 Å². The van der Waals surface area contributed by atoms with Gasteiger partial charge in [-0.3, -0.25) is 5.10 Å². The van der Waals surface area contributed by atoms with Crippen LogP contribution in [0.4, 0.5) is 0 Å². The molecule has 18 heavy (non-hydrogen) atoms. The fourth-order valence-corrected chi connectivity index (χ4v) is 2.06. The van der Waals surface area contributed by atoms with Crippen LogP contribution in [0.2, 0.25) is 0 Å². The van der Waals surface area contributed by atoms with Gasteiger partial charge in [-0.1, -0.05) is 0 Å². The van der Waals surface area contributed by atoms with Crippen LogP contribution in [0.25, 0.3) is 16.8 Å². The quantitative estimate of drug-likeness (QED) is 0.698. The zero-order valence-corrected chi connectivity index (χ0v) is 9.97. The lowest BCUT2D eigenvalue weighted by Gasteiger charge is -2.01. The maximum absolute atomic E-state index is 8.91. The Balaban J connectivity index is 2.24. The molecule has 0 aliphatic rings. The van der Waals surface area contributed by atoms with Gasteiger partial charge in [-0.05, 0) is 13.8 Å². The Hall–Kier alpha value is -2.68. The molecule has 0 aliphatic carbocycles. The number of fused-ring (bicyclic) bond motifs is 1. The smallest absolute Gasteiger partial charge is 0.172 e. The van der Waals surface area contributed by atoms with Crippen molar-refractivity contribution in [2.24, 2.45) is 0 Å². The van der Waals surface area contributed by atoms with Crippen LogP contribution in [0.1, 0.15) is 17.0 Å². The van der Waals surface area contributed by atoms with Gasteiger partial charge >= 0.3 is 0 Å². The molecule has 0 unspecified atom stereocenters. The Morgan fingerprint density at radius 2 is 2.17 bits per heavy atom. The van der Waals surface area contributed by atoms with Crippen LogP contribution in [0.3, 0.4) is 0 Å². The molecule has 6 heteroatoms. The Morgan fingerprint density at radius 3 is 2.83 bits per heavy atom. The van der Waals surface area contributed by atoms with Crippen LogP contribution in [-0.2, 0) is 0 Å². The maximum atomic E-state index is 8.91. The largest absolute Gasteiger partial charge is 0.282 e. The number of hydrogen-bond acceptors (Lipinski definition) is 4. The zero-order valence-electron chi connectivity index (χ0n) is 9.97. The van der Waals surface area contributed by atoms with E-state index in [1.165, 1.54) is 6.20 Å². The number of nitrogens with zero attached hydrogens (tertiary/aromatic N) is 5. The van der Waals surface area contributed by atoms with Crippen LogP contribution < -0.4 is 0 Å². The van der Waals surface area contributed by atoms with Gasteiger partial charge in [-0.2, -0.15) is 15.5 Å². The van der Waals surface area contributed by atoms with E-state index in [1.807, 2.05) is 20.0 Å². The first-order chi connectivity index (χ1) is 8.70. The van der Waals surface area contributed by atoms with Gasteiger partial charge in [0.1, 0.15) is 11.6 Å². The minimum Gasteiger partial charge on any atom is -0.282 e. The first-order valence-corrected chi connectivity index (χ1v) is 5.46. The van der Waals surface area contributed by atoms with Gasteiger partial charge in [0, 0.05) is 29.2 Å². The molecule has 6 nitrogen and oxygen atoms in total. The zero-order chi connectivity index (χ0) is 12.7. The minimum atomic E-state index is 0.474. The molecule has 0 saturated heterocycles. The van der Waals surface area contributed by atoms with E-state index in [4.69, 9.17) is 5.26 Å². The molecule has 1 N–H and O–H groups in total. The fraction of sp³-hybridized carbons (Fsp3) is 0.167. The third kappa shape index (κ3) is 1.38. The number of nitrogens with one attached hydrogen (secondary N) is 1. The summed E-state index contributed by atoms with van der Waals surface area (Å²) in [5.74, 6) is 0. The van der Waals surface area contributed by atoms with E-state index in [-0.39, 0.29) is 0 Å². The van der Waals surface area contributed by atoms with Crippen LogP contribution in [0.15, 0.2) is 18.6 Å². The lowest BCUT2D eigenvalue weighted by Crippen LogP contribution is -1.93. The van der Waals surface area contributed by atoms with Gasteiger partial charge in [-0.25, -0.2) is 9.50 Å². The molecule has 0 atom stereocenters. The van der Waals surface area contributed by atoms with E-state index in [0.29, 0.717) is 11.2 Å². The highest BCUT2D eigenvalue weighted by molar-refractivity contribution is 5.68. The average Bonchev–Trinajstić information content (AvgIpc) is 2.92. The first kappa shape index (κ1) is 10.5. The van der Waals surface area contributed by atoms with E-state index in [1.54, 1.807) is 10.7 Å². The monoisotopic (exact) mass is 238 g/mol. The van der Waals surface area contributed by atoms with Crippen molar-refractivity contribution >= 4 is 5.65 Å². The predicted octanol–water partition coefficient (Wildman–Crippen LogP) is 1.61. The summed E-state index contributed by atoms with van der Waals surface area (Å²) in [7, 11) is 0. The second kappa shape index (κ2) is 3.67. The molecule has 0 aromatic carbocycles. The molecule has 0 radical (unpaired) electrons. The summed E-state index contributed by atoms with van der Waals surface area (Å²) < 4.78 is 1.61. The fourth-order valence-electron chi connectivity index (χ4n) is 2.06. The summed E-state index contributed by atoms with van der Waals surface area (Å²) >= 11 is 0. The maximum Gasteiger partial charge on any atom is 0.172 e. The van der Waals surface area contributed by atoms with E-state index in [2.05, 4.69) is 26.3 Å². The van der Waals surface area contributed by atoms with E-state index < -0.39 is 0 Å². The van der Waals surface area contributed by atoms with Crippen molar-refractivity contribution in [1.29, 1.82) is 5.26 Å². The molecule has 0 bridgehead atoms. The molecule has 3 aromatic heterocycles. The van der Waals surface area contributed by atoms with Crippen molar-refractivity contribution in [3.05, 3.63) is 35.5 Å². The van der Waals surface area contributed by atoms with Crippen LogP contribution in [0.5, 0.6) is 0 Å². The molecule has 0 saturated carbocycles. The number of H-pyrrole nitrogens is 1. The van der Waals surface area contributed by atoms with Crippen LogP contribution in [0, 0.1) is 25.2 Å². The Labute approximate surface area is 103 Å². The van der Waals surface area contributed by atoms with Crippen LogP contribution >= 0.6 is 0 Å². The third-order valence-corrected chi connectivity index (χ3v) is 2.89. The highest BCUT2D eigenvalue weighted by Crippen LogP contribution is 2.24. The first-order valence-electron chi connectivity index (χ1n) is 5.46. The molecule has 0 fully saturated rings. The van der Waals surface area contributed by atoms with Gasteiger partial charge in [0.05, 0.1) is 11.9 Å². The molecule has 3 aromatic rings. The lowest BCUT2D eigenvalue weighted by atomic mass is 10.1. The number of aryl methyl sites for hydroxylation is 2. The van der Waals surface area contributed by atoms with Gasteiger partial charge in [0.2, 0.25) is 0 Å². The molecule has 3 rings (SSSR count).